The summed E-state index contributed by atoms with van der Waals surface area (Å²) in [7, 11) is 0. The third-order valence-corrected chi connectivity index (χ3v) is 2.95. The summed E-state index contributed by atoms with van der Waals surface area (Å²) in [5.74, 6) is -0.827. The summed E-state index contributed by atoms with van der Waals surface area (Å²) >= 11 is 7.19. The second-order valence-electron chi connectivity index (χ2n) is 1.56. The molecule has 0 fully saturated rings. The maximum atomic E-state index is 10.1. The van der Waals surface area contributed by atoms with Crippen LogP contribution >= 0.6 is 35.3 Å². The number of thioether (sulfide) groups is 1. The molecule has 2 N–H and O–H groups in total. The van der Waals surface area contributed by atoms with E-state index < -0.39 is 5.97 Å². The molecule has 1 heterocycles. The first-order chi connectivity index (χ1) is 5.18. The van der Waals surface area contributed by atoms with E-state index in [1.165, 1.54) is 11.3 Å². The Balaban J connectivity index is 0.00000121. The molecule has 0 aliphatic rings. The molecule has 0 aliphatic heterocycles. The van der Waals surface area contributed by atoms with Crippen LogP contribution in [0.4, 0.5) is 0 Å². The summed E-state index contributed by atoms with van der Waals surface area (Å²) in [5, 5.41) is 14.6. The molecule has 0 bridgehead atoms. The minimum atomic E-state index is -0.851. The van der Waals surface area contributed by atoms with Gasteiger partial charge in [0.15, 0.2) is 8.29 Å². The second-order valence-corrected chi connectivity index (χ2v) is 4.45. The van der Waals surface area contributed by atoms with E-state index in [0.717, 1.165) is 11.8 Å². The number of aromatic amines is 1. The number of H-pyrrole nitrogens is 1. The third-order valence-electron chi connectivity index (χ3n) is 0.738. The quantitative estimate of drug-likeness (QED) is 0.382. The summed E-state index contributed by atoms with van der Waals surface area (Å²) < 4.78 is 1.23. The number of aromatic nitrogens is 2. The van der Waals surface area contributed by atoms with E-state index >= 15 is 0 Å². The molecule has 0 atom stereocenters. The Hall–Kier alpha value is 1.24. The molecule has 8 heteroatoms. The van der Waals surface area contributed by atoms with Crippen molar-refractivity contribution in [3.63, 3.8) is 0 Å². The Morgan fingerprint density at radius 1 is 1.83 bits per heavy atom. The Kier molecular flexibility index (Phi) is 7.34. The fraction of sp³-hybridized carbons (Fsp3) is 0.250. The number of nitrogens with zero attached hydrogens (tertiary/aromatic N) is 1. The smallest absolute Gasteiger partial charge is 0.481 e. The molecule has 0 saturated carbocycles. The van der Waals surface area contributed by atoms with Gasteiger partial charge in [-0.25, -0.2) is 0 Å². The molecule has 60 valence electrons. The molecule has 0 aliphatic carbocycles. The first-order valence-corrected chi connectivity index (χ1v) is 4.79. The molecule has 0 saturated heterocycles. The predicted molar refractivity (Wildman–Crippen MR) is 45.7 cm³/mol. The number of hydrogen-bond donors (Lipinski definition) is 2. The molecule has 0 aromatic carbocycles. The van der Waals surface area contributed by atoms with Crippen molar-refractivity contribution in [3.05, 3.63) is 3.95 Å². The van der Waals surface area contributed by atoms with Crippen LogP contribution in [0.5, 0.6) is 0 Å². The van der Waals surface area contributed by atoms with E-state index in [9.17, 15) is 4.79 Å². The standard InChI is InChI=1S/C4H4N2O2S3.K/c7-2(8)1-10-4-6-5-3(9)11-4;/h1H2,(H,5,9)(H,7,8);/q;+1. The van der Waals surface area contributed by atoms with E-state index in [2.05, 4.69) is 10.2 Å². The van der Waals surface area contributed by atoms with E-state index in [0.29, 0.717) is 8.29 Å². The van der Waals surface area contributed by atoms with Crippen molar-refractivity contribution in [2.75, 3.05) is 5.75 Å². The predicted octanol–water partition coefficient (Wildman–Crippen LogP) is -1.62. The van der Waals surface area contributed by atoms with Crippen LogP contribution in [0, 0.1) is 3.95 Å². The summed E-state index contributed by atoms with van der Waals surface area (Å²) in [5.41, 5.74) is 0. The maximum absolute atomic E-state index is 10.1. The van der Waals surface area contributed by atoms with E-state index in [1.807, 2.05) is 0 Å². The zero-order valence-electron chi connectivity index (χ0n) is 6.23. The van der Waals surface area contributed by atoms with Crippen LogP contribution in [0.3, 0.4) is 0 Å². The molecule has 4 nitrogen and oxygen atoms in total. The normalized spacial score (nSPS) is 9.00. The molecule has 1 aromatic rings. The van der Waals surface area contributed by atoms with Gasteiger partial charge in [-0.15, -0.1) is 0 Å². The summed E-state index contributed by atoms with van der Waals surface area (Å²) in [6.07, 6.45) is 0. The molecular formula is C4H4KN2O2S3+. The number of nitrogens with one attached hydrogen (secondary N) is 1. The van der Waals surface area contributed by atoms with Crippen LogP contribution in [-0.2, 0) is 4.79 Å². The van der Waals surface area contributed by atoms with Gasteiger partial charge in [0, 0.05) is 0 Å². The first kappa shape index (κ1) is 13.2. The fourth-order valence-electron chi connectivity index (χ4n) is 0.401. The van der Waals surface area contributed by atoms with E-state index in [1.54, 1.807) is 0 Å². The zero-order chi connectivity index (χ0) is 8.27. The van der Waals surface area contributed by atoms with Gasteiger partial charge in [-0.2, -0.15) is 5.10 Å². The van der Waals surface area contributed by atoms with Crippen molar-refractivity contribution < 1.29 is 61.3 Å². The number of carboxylic acids is 1. The van der Waals surface area contributed by atoms with Crippen molar-refractivity contribution in [3.8, 4) is 0 Å². The van der Waals surface area contributed by atoms with Gasteiger partial charge in [0.05, 0.1) is 5.75 Å². The maximum Gasteiger partial charge on any atom is 1.00 e. The Labute approximate surface area is 125 Å². The summed E-state index contributed by atoms with van der Waals surface area (Å²) in [6.45, 7) is 0. The molecule has 0 spiro atoms. The molecule has 1 rings (SSSR count). The summed E-state index contributed by atoms with van der Waals surface area (Å²) in [4.78, 5) is 10.1. The minimum Gasteiger partial charge on any atom is -0.481 e. The van der Waals surface area contributed by atoms with Gasteiger partial charge in [-0.3, -0.25) is 9.89 Å². The average molecular weight is 247 g/mol. The Morgan fingerprint density at radius 3 is 2.92 bits per heavy atom. The largest absolute Gasteiger partial charge is 1.00 e. The molecule has 12 heavy (non-hydrogen) atoms. The van der Waals surface area contributed by atoms with Crippen LogP contribution in [-0.4, -0.2) is 27.0 Å². The second kappa shape index (κ2) is 6.65. The molecule has 1 aromatic heterocycles. The molecule has 0 unspecified atom stereocenters. The first-order valence-electron chi connectivity index (χ1n) is 2.58. The van der Waals surface area contributed by atoms with E-state index in [4.69, 9.17) is 17.3 Å². The number of rotatable bonds is 3. The monoisotopic (exact) mass is 247 g/mol. The Morgan fingerprint density at radius 2 is 2.50 bits per heavy atom. The van der Waals surface area contributed by atoms with Crippen molar-refractivity contribution in [1.29, 1.82) is 0 Å². The average Bonchev–Trinajstić information content (AvgIpc) is 2.31. The van der Waals surface area contributed by atoms with Crippen molar-refractivity contribution in [2.45, 2.75) is 4.34 Å². The third kappa shape index (κ3) is 5.07. The van der Waals surface area contributed by atoms with Crippen molar-refractivity contribution in [2.24, 2.45) is 0 Å². The van der Waals surface area contributed by atoms with Crippen LogP contribution < -0.4 is 51.4 Å². The number of carboxylic acid groups (broad SMARTS) is 1. The van der Waals surface area contributed by atoms with Gasteiger partial charge in [0.1, 0.15) is 0 Å². The van der Waals surface area contributed by atoms with Gasteiger partial charge in [0.25, 0.3) is 0 Å². The summed E-state index contributed by atoms with van der Waals surface area (Å²) in [6, 6.07) is 0. The molecule has 0 amide bonds. The molecule has 0 radical (unpaired) electrons. The number of aliphatic carboxylic acids is 1. The minimum absolute atomic E-state index is 0. The van der Waals surface area contributed by atoms with Crippen molar-refractivity contribution in [1.82, 2.24) is 10.2 Å². The van der Waals surface area contributed by atoms with Crippen LogP contribution in [0.1, 0.15) is 0 Å². The topological polar surface area (TPSA) is 66.0 Å². The van der Waals surface area contributed by atoms with Gasteiger partial charge in [-0.1, -0.05) is 23.1 Å². The number of hydrogen-bond acceptors (Lipinski definition) is 5. The SMILES string of the molecule is O=C(O)CSc1n[nH]c(=S)s1.[K+]. The van der Waals surface area contributed by atoms with Crippen LogP contribution in [0.15, 0.2) is 4.34 Å². The van der Waals surface area contributed by atoms with E-state index in [-0.39, 0.29) is 57.1 Å². The van der Waals surface area contributed by atoms with Crippen molar-refractivity contribution >= 4 is 41.3 Å². The molecular weight excluding hydrogens is 243 g/mol. The zero-order valence-corrected chi connectivity index (χ0v) is 11.8. The number of carbonyl (C=O) groups is 1. The van der Waals surface area contributed by atoms with Gasteiger partial charge < -0.3 is 5.11 Å². The van der Waals surface area contributed by atoms with Gasteiger partial charge in [-0.05, 0) is 12.2 Å². The Bertz CT molecular complexity index is 309. The fourth-order valence-corrected chi connectivity index (χ4v) is 2.20. The van der Waals surface area contributed by atoms with Gasteiger partial charge >= 0.3 is 57.4 Å². The van der Waals surface area contributed by atoms with Crippen LogP contribution in [0.25, 0.3) is 0 Å². The van der Waals surface area contributed by atoms with Gasteiger partial charge in [0.2, 0.25) is 0 Å². The van der Waals surface area contributed by atoms with Crippen LogP contribution in [0.2, 0.25) is 0 Å².